The summed E-state index contributed by atoms with van der Waals surface area (Å²) in [6.07, 6.45) is 3.84. The van der Waals surface area contributed by atoms with Crippen molar-refractivity contribution >= 4 is 0 Å². The minimum Gasteiger partial charge on any atom is -0.493 e. The Bertz CT molecular complexity index is 808. The zero-order valence-corrected chi connectivity index (χ0v) is 15.7. The quantitative estimate of drug-likeness (QED) is 0.919. The van der Waals surface area contributed by atoms with E-state index in [1.165, 1.54) is 16.7 Å². The first kappa shape index (κ1) is 17.3. The van der Waals surface area contributed by atoms with Gasteiger partial charge in [0, 0.05) is 43.0 Å². The van der Waals surface area contributed by atoms with E-state index in [1.807, 2.05) is 12.3 Å². The number of hydrogen-bond donors (Lipinski definition) is 1. The lowest BCUT2D eigenvalue weighted by Gasteiger charge is -2.46. The van der Waals surface area contributed by atoms with Crippen LogP contribution in [-0.4, -0.2) is 43.2 Å². The van der Waals surface area contributed by atoms with E-state index in [-0.39, 0.29) is 12.0 Å². The van der Waals surface area contributed by atoms with Crippen LogP contribution in [-0.2, 0) is 6.42 Å². The first-order valence-electron chi connectivity index (χ1n) is 9.28. The summed E-state index contributed by atoms with van der Waals surface area (Å²) in [5.41, 5.74) is 11.7. The van der Waals surface area contributed by atoms with Crippen LogP contribution in [0.25, 0.3) is 0 Å². The average Bonchev–Trinajstić information content (AvgIpc) is 2.67. The second kappa shape index (κ2) is 6.89. The van der Waals surface area contributed by atoms with Gasteiger partial charge in [-0.1, -0.05) is 6.07 Å². The summed E-state index contributed by atoms with van der Waals surface area (Å²) in [5.74, 6) is 1.89. The number of ether oxygens (including phenoxy) is 2. The van der Waals surface area contributed by atoms with Gasteiger partial charge in [0.2, 0.25) is 0 Å². The largest absolute Gasteiger partial charge is 0.493 e. The Kier molecular flexibility index (Phi) is 4.59. The minimum atomic E-state index is 0.101. The van der Waals surface area contributed by atoms with Crippen molar-refractivity contribution in [2.45, 2.75) is 37.8 Å². The summed E-state index contributed by atoms with van der Waals surface area (Å²) in [6.45, 7) is 4.13. The predicted octanol–water partition coefficient (Wildman–Crippen LogP) is 2.82. The van der Waals surface area contributed by atoms with Gasteiger partial charge in [-0.25, -0.2) is 0 Å². The number of benzene rings is 1. The Morgan fingerprint density at radius 2 is 1.96 bits per heavy atom. The van der Waals surface area contributed by atoms with Crippen molar-refractivity contribution in [1.29, 1.82) is 0 Å². The van der Waals surface area contributed by atoms with Crippen LogP contribution in [0.2, 0.25) is 0 Å². The van der Waals surface area contributed by atoms with E-state index in [9.17, 15) is 0 Å². The van der Waals surface area contributed by atoms with E-state index in [0.717, 1.165) is 43.1 Å². The van der Waals surface area contributed by atoms with Crippen molar-refractivity contribution in [3.63, 3.8) is 0 Å². The number of aromatic nitrogens is 1. The molecule has 0 bridgehead atoms. The monoisotopic (exact) mass is 353 g/mol. The SMILES string of the molecule is COc1cc2c(cc1OC)C1C[C@@H](N)[C@@H](c3ncccc3C)CN1CC2. The second-order valence-corrected chi connectivity index (χ2v) is 7.38. The molecule has 1 aromatic carbocycles. The fraction of sp³-hybridized carbons (Fsp3) is 0.476. The van der Waals surface area contributed by atoms with Crippen molar-refractivity contribution in [1.82, 2.24) is 9.88 Å². The molecule has 3 atom stereocenters. The molecule has 2 aliphatic heterocycles. The van der Waals surface area contributed by atoms with Crippen molar-refractivity contribution in [2.75, 3.05) is 27.3 Å². The number of rotatable bonds is 3. The van der Waals surface area contributed by atoms with Crippen molar-refractivity contribution in [2.24, 2.45) is 5.73 Å². The normalized spacial score (nSPS) is 25.3. The van der Waals surface area contributed by atoms with E-state index in [4.69, 9.17) is 15.2 Å². The van der Waals surface area contributed by atoms with Gasteiger partial charge in [0.25, 0.3) is 0 Å². The van der Waals surface area contributed by atoms with Gasteiger partial charge in [-0.05, 0) is 54.7 Å². The van der Waals surface area contributed by atoms with Gasteiger partial charge in [0.1, 0.15) is 0 Å². The molecule has 1 fully saturated rings. The maximum Gasteiger partial charge on any atom is 0.161 e. The molecule has 2 aromatic rings. The number of fused-ring (bicyclic) bond motifs is 3. The first-order valence-corrected chi connectivity index (χ1v) is 9.28. The molecule has 138 valence electrons. The Balaban J connectivity index is 1.66. The van der Waals surface area contributed by atoms with E-state index >= 15 is 0 Å². The van der Waals surface area contributed by atoms with Gasteiger partial charge in [-0.3, -0.25) is 9.88 Å². The van der Waals surface area contributed by atoms with Gasteiger partial charge in [0.15, 0.2) is 11.5 Å². The highest BCUT2D eigenvalue weighted by molar-refractivity contribution is 5.49. The molecule has 2 aliphatic rings. The maximum absolute atomic E-state index is 6.65. The zero-order valence-electron chi connectivity index (χ0n) is 15.7. The standard InChI is InChI=1S/C21H27N3O2/c1-13-5-4-7-23-21(13)16-12-24-8-6-14-9-19(25-2)20(26-3)10-15(14)18(24)11-17(16)22/h4-5,7,9-10,16-18H,6,8,11-12,22H2,1-3H3/t16-,17+,18?/m0/s1. The zero-order chi connectivity index (χ0) is 18.3. The summed E-state index contributed by atoms with van der Waals surface area (Å²) < 4.78 is 11.0. The van der Waals surface area contributed by atoms with Crippen LogP contribution in [0.5, 0.6) is 11.5 Å². The smallest absolute Gasteiger partial charge is 0.161 e. The van der Waals surface area contributed by atoms with Crippen LogP contribution in [0.4, 0.5) is 0 Å². The molecule has 0 radical (unpaired) electrons. The van der Waals surface area contributed by atoms with E-state index < -0.39 is 0 Å². The highest BCUT2D eigenvalue weighted by Gasteiger charge is 2.39. The fourth-order valence-corrected chi connectivity index (χ4v) is 4.56. The van der Waals surface area contributed by atoms with Crippen LogP contribution < -0.4 is 15.2 Å². The number of piperidine rings is 1. The van der Waals surface area contributed by atoms with E-state index in [0.29, 0.717) is 6.04 Å². The highest BCUT2D eigenvalue weighted by Crippen LogP contribution is 2.44. The average molecular weight is 353 g/mol. The third-order valence-electron chi connectivity index (χ3n) is 5.96. The van der Waals surface area contributed by atoms with Crippen LogP contribution in [0.1, 0.15) is 40.8 Å². The molecule has 3 heterocycles. The first-order chi connectivity index (χ1) is 12.6. The number of nitrogens with two attached hydrogens (primary N) is 1. The summed E-state index contributed by atoms with van der Waals surface area (Å²) >= 11 is 0. The number of aryl methyl sites for hydroxylation is 1. The molecule has 2 N–H and O–H groups in total. The van der Waals surface area contributed by atoms with Gasteiger partial charge in [0.05, 0.1) is 14.2 Å². The molecule has 0 aliphatic carbocycles. The van der Waals surface area contributed by atoms with Gasteiger partial charge >= 0.3 is 0 Å². The molecule has 0 spiro atoms. The Morgan fingerprint density at radius 1 is 1.19 bits per heavy atom. The lowest BCUT2D eigenvalue weighted by molar-refractivity contribution is 0.108. The molecule has 1 unspecified atom stereocenters. The Hall–Kier alpha value is -2.11. The van der Waals surface area contributed by atoms with Crippen molar-refractivity contribution in [3.8, 4) is 11.5 Å². The second-order valence-electron chi connectivity index (χ2n) is 7.38. The summed E-state index contributed by atoms with van der Waals surface area (Å²) in [5, 5.41) is 0. The Morgan fingerprint density at radius 3 is 2.69 bits per heavy atom. The number of pyridine rings is 1. The molecule has 5 nitrogen and oxygen atoms in total. The number of hydrogen-bond acceptors (Lipinski definition) is 5. The highest BCUT2D eigenvalue weighted by atomic mass is 16.5. The lowest BCUT2D eigenvalue weighted by atomic mass is 9.79. The molecule has 26 heavy (non-hydrogen) atoms. The molecule has 1 aromatic heterocycles. The van der Waals surface area contributed by atoms with Crippen molar-refractivity contribution < 1.29 is 9.47 Å². The van der Waals surface area contributed by atoms with Crippen LogP contribution in [0.3, 0.4) is 0 Å². The molecule has 5 heteroatoms. The van der Waals surface area contributed by atoms with Gasteiger partial charge in [-0.2, -0.15) is 0 Å². The van der Waals surface area contributed by atoms with E-state index in [2.05, 4.69) is 35.0 Å². The molecular formula is C21H27N3O2. The topological polar surface area (TPSA) is 60.6 Å². The number of methoxy groups -OCH3 is 2. The molecule has 0 saturated carbocycles. The molecule has 4 rings (SSSR count). The lowest BCUT2D eigenvalue weighted by Crippen LogP contribution is -2.50. The summed E-state index contributed by atoms with van der Waals surface area (Å²) in [6, 6.07) is 8.84. The summed E-state index contributed by atoms with van der Waals surface area (Å²) in [7, 11) is 3.38. The fourth-order valence-electron chi connectivity index (χ4n) is 4.56. The minimum absolute atomic E-state index is 0.101. The van der Waals surface area contributed by atoms with Gasteiger partial charge in [-0.15, -0.1) is 0 Å². The van der Waals surface area contributed by atoms with Crippen molar-refractivity contribution in [3.05, 3.63) is 52.8 Å². The predicted molar refractivity (Wildman–Crippen MR) is 102 cm³/mol. The Labute approximate surface area is 155 Å². The summed E-state index contributed by atoms with van der Waals surface area (Å²) in [4.78, 5) is 7.21. The third-order valence-corrected chi connectivity index (χ3v) is 5.96. The number of nitrogens with zero attached hydrogens (tertiary/aromatic N) is 2. The van der Waals surface area contributed by atoms with E-state index in [1.54, 1.807) is 14.2 Å². The van der Waals surface area contributed by atoms with Crippen LogP contribution in [0.15, 0.2) is 30.5 Å². The molecular weight excluding hydrogens is 326 g/mol. The third kappa shape index (κ3) is 2.85. The molecule has 0 amide bonds. The van der Waals surface area contributed by atoms with Crippen LogP contribution >= 0.6 is 0 Å². The maximum atomic E-state index is 6.65. The van der Waals surface area contributed by atoms with Crippen LogP contribution in [0, 0.1) is 6.92 Å². The molecule has 1 saturated heterocycles. The van der Waals surface area contributed by atoms with Gasteiger partial charge < -0.3 is 15.2 Å².